The molecule has 0 aliphatic heterocycles. The van der Waals surface area contributed by atoms with Gasteiger partial charge >= 0.3 is 5.97 Å². The maximum Gasteiger partial charge on any atom is 0.309 e. The Morgan fingerprint density at radius 3 is 2.69 bits per heavy atom. The van der Waals surface area contributed by atoms with Gasteiger partial charge < -0.3 is 4.74 Å². The fourth-order valence-corrected chi connectivity index (χ4v) is 2.32. The summed E-state index contributed by atoms with van der Waals surface area (Å²) in [5, 5.41) is 0. The number of esters is 1. The molecule has 0 heterocycles. The topological polar surface area (TPSA) is 43.4 Å². The maximum atomic E-state index is 11.7. The van der Waals surface area contributed by atoms with Crippen molar-refractivity contribution in [3.05, 3.63) is 0 Å². The molecule has 0 aromatic carbocycles. The fraction of sp³-hybridized carbons (Fsp3) is 0.833. The van der Waals surface area contributed by atoms with Crippen molar-refractivity contribution >= 4 is 21.8 Å². The van der Waals surface area contributed by atoms with Crippen LogP contribution in [0.15, 0.2) is 0 Å². The molecular weight excluding hydrogens is 224 g/mol. The highest BCUT2D eigenvalue weighted by Gasteiger charge is 2.26. The van der Waals surface area contributed by atoms with Gasteiger partial charge in [-0.2, -0.15) is 0 Å². The normalized spacial score (nSPS) is 22.9. The third-order valence-electron chi connectivity index (χ3n) is 2.76. The molecule has 0 spiro atoms. The van der Waals surface area contributed by atoms with E-state index >= 15 is 0 Å². The molecule has 1 unspecified atom stereocenters. The van der Waals surface area contributed by atoms with E-state index in [1.54, 1.807) is 0 Å². The number of Topliss-reactive ketones (excluding diaryl/α,β-unsaturated/α-hetero) is 1. The van der Waals surface area contributed by atoms with Crippen molar-refractivity contribution in [2.24, 2.45) is 5.92 Å². The number of carbonyl (C=O) groups is 2. The number of ketones is 1. The zero-order chi connectivity index (χ0) is 12.2. The van der Waals surface area contributed by atoms with Crippen LogP contribution >= 0.6 is 10.0 Å². The molecule has 0 bridgehead atoms. The second-order valence-electron chi connectivity index (χ2n) is 5.29. The maximum absolute atomic E-state index is 11.7. The van der Waals surface area contributed by atoms with Crippen LogP contribution in [0.2, 0.25) is 0 Å². The standard InChI is InChI=1S/C12H22O3S/c1-16(2,3)8-7-15-12(14)10-5-4-6-11(13)9-10/h10H,4-9H2,1-3H3. The summed E-state index contributed by atoms with van der Waals surface area (Å²) in [7, 11) is -0.605. The monoisotopic (exact) mass is 246 g/mol. The van der Waals surface area contributed by atoms with Gasteiger partial charge in [-0.15, -0.1) is 0 Å². The van der Waals surface area contributed by atoms with Gasteiger partial charge in [0.2, 0.25) is 0 Å². The number of ether oxygens (including phenoxy) is 1. The summed E-state index contributed by atoms with van der Waals surface area (Å²) >= 11 is 0. The fourth-order valence-electron chi connectivity index (χ4n) is 1.74. The summed E-state index contributed by atoms with van der Waals surface area (Å²) in [6.07, 6.45) is 9.27. The lowest BCUT2D eigenvalue weighted by molar-refractivity contribution is -0.150. The van der Waals surface area contributed by atoms with Gasteiger partial charge in [0.05, 0.1) is 12.5 Å². The third kappa shape index (κ3) is 5.01. The summed E-state index contributed by atoms with van der Waals surface area (Å²) in [5.74, 6) is 0.807. The van der Waals surface area contributed by atoms with Crippen molar-refractivity contribution in [2.75, 3.05) is 31.1 Å². The first-order chi connectivity index (χ1) is 7.38. The van der Waals surface area contributed by atoms with Crippen LogP contribution in [0.4, 0.5) is 0 Å². The first-order valence-electron chi connectivity index (χ1n) is 5.73. The number of carbonyl (C=O) groups excluding carboxylic acids is 2. The molecule has 0 N–H and O–H groups in total. The Hall–Kier alpha value is -0.510. The van der Waals surface area contributed by atoms with Crippen LogP contribution in [0.25, 0.3) is 0 Å². The quantitative estimate of drug-likeness (QED) is 0.712. The van der Waals surface area contributed by atoms with Gasteiger partial charge in [0.1, 0.15) is 5.78 Å². The molecule has 1 fully saturated rings. The molecule has 1 atom stereocenters. The zero-order valence-corrected chi connectivity index (χ0v) is 11.3. The van der Waals surface area contributed by atoms with Gasteiger partial charge in [-0.3, -0.25) is 9.59 Å². The minimum Gasteiger partial charge on any atom is -0.465 e. The Balaban J connectivity index is 2.27. The first kappa shape index (κ1) is 13.6. The highest BCUT2D eigenvalue weighted by Crippen LogP contribution is 2.33. The lowest BCUT2D eigenvalue weighted by Crippen LogP contribution is -2.25. The van der Waals surface area contributed by atoms with E-state index in [9.17, 15) is 9.59 Å². The summed E-state index contributed by atoms with van der Waals surface area (Å²) in [6.45, 7) is 0.502. The average molecular weight is 246 g/mol. The molecule has 1 aliphatic rings. The van der Waals surface area contributed by atoms with E-state index in [1.165, 1.54) is 0 Å². The van der Waals surface area contributed by atoms with Crippen LogP contribution in [-0.4, -0.2) is 42.9 Å². The van der Waals surface area contributed by atoms with Gasteiger partial charge in [0, 0.05) is 18.6 Å². The first-order valence-corrected chi connectivity index (χ1v) is 8.75. The molecule has 0 aromatic rings. The molecule has 0 radical (unpaired) electrons. The molecule has 1 saturated carbocycles. The van der Waals surface area contributed by atoms with Crippen molar-refractivity contribution in [1.82, 2.24) is 0 Å². The molecule has 0 amide bonds. The molecule has 94 valence electrons. The van der Waals surface area contributed by atoms with E-state index in [0.717, 1.165) is 18.6 Å². The highest BCUT2D eigenvalue weighted by atomic mass is 32.3. The molecule has 0 saturated heterocycles. The van der Waals surface area contributed by atoms with Crippen molar-refractivity contribution in [2.45, 2.75) is 25.7 Å². The van der Waals surface area contributed by atoms with Crippen molar-refractivity contribution in [1.29, 1.82) is 0 Å². The summed E-state index contributed by atoms with van der Waals surface area (Å²) in [5.41, 5.74) is 0. The summed E-state index contributed by atoms with van der Waals surface area (Å²) in [6, 6.07) is 0. The van der Waals surface area contributed by atoms with Crippen LogP contribution in [-0.2, 0) is 14.3 Å². The number of hydrogen-bond donors (Lipinski definition) is 0. The second kappa shape index (κ2) is 5.71. The van der Waals surface area contributed by atoms with E-state index in [1.807, 2.05) is 0 Å². The largest absolute Gasteiger partial charge is 0.465 e. The Morgan fingerprint density at radius 1 is 1.44 bits per heavy atom. The van der Waals surface area contributed by atoms with Gasteiger partial charge in [-0.25, -0.2) is 10.0 Å². The van der Waals surface area contributed by atoms with Crippen LogP contribution in [0, 0.1) is 5.92 Å². The van der Waals surface area contributed by atoms with E-state index in [0.29, 0.717) is 19.4 Å². The predicted molar refractivity (Wildman–Crippen MR) is 68.2 cm³/mol. The average Bonchev–Trinajstić information content (AvgIpc) is 2.15. The van der Waals surface area contributed by atoms with E-state index in [-0.39, 0.29) is 17.7 Å². The predicted octanol–water partition coefficient (Wildman–Crippen LogP) is 1.98. The van der Waals surface area contributed by atoms with Crippen LogP contribution < -0.4 is 0 Å². The molecule has 3 nitrogen and oxygen atoms in total. The minimum atomic E-state index is -0.605. The van der Waals surface area contributed by atoms with Crippen LogP contribution in [0.3, 0.4) is 0 Å². The lowest BCUT2D eigenvalue weighted by atomic mass is 9.88. The van der Waals surface area contributed by atoms with E-state index in [4.69, 9.17) is 4.74 Å². The highest BCUT2D eigenvalue weighted by molar-refractivity contribution is 8.32. The summed E-state index contributed by atoms with van der Waals surface area (Å²) < 4.78 is 5.24. The second-order valence-corrected chi connectivity index (χ2v) is 9.88. The zero-order valence-electron chi connectivity index (χ0n) is 10.5. The van der Waals surface area contributed by atoms with Crippen molar-refractivity contribution < 1.29 is 14.3 Å². The van der Waals surface area contributed by atoms with Crippen LogP contribution in [0.1, 0.15) is 25.7 Å². The molecule has 4 heteroatoms. The molecular formula is C12H22O3S. The third-order valence-corrected chi connectivity index (χ3v) is 4.15. The van der Waals surface area contributed by atoms with Gasteiger partial charge in [0.15, 0.2) is 0 Å². The van der Waals surface area contributed by atoms with Gasteiger partial charge in [-0.05, 0) is 31.6 Å². The lowest BCUT2D eigenvalue weighted by Gasteiger charge is -2.25. The van der Waals surface area contributed by atoms with E-state index in [2.05, 4.69) is 18.8 Å². The molecule has 16 heavy (non-hydrogen) atoms. The summed E-state index contributed by atoms with van der Waals surface area (Å²) in [4.78, 5) is 22.9. The molecule has 1 rings (SSSR count). The number of rotatable bonds is 4. The molecule has 1 aliphatic carbocycles. The van der Waals surface area contributed by atoms with E-state index < -0.39 is 10.0 Å². The van der Waals surface area contributed by atoms with Gasteiger partial charge in [-0.1, -0.05) is 0 Å². The van der Waals surface area contributed by atoms with Crippen LogP contribution in [0.5, 0.6) is 0 Å². The smallest absolute Gasteiger partial charge is 0.309 e. The Kier molecular flexibility index (Phi) is 4.84. The minimum absolute atomic E-state index is 0.170. The van der Waals surface area contributed by atoms with Crippen molar-refractivity contribution in [3.63, 3.8) is 0 Å². The molecule has 0 aromatic heterocycles. The Labute approximate surface area is 99.2 Å². The number of hydrogen-bond acceptors (Lipinski definition) is 3. The SMILES string of the molecule is CS(C)(C)CCOC(=O)C1CCCC(=O)C1. The Bertz CT molecular complexity index is 268. The van der Waals surface area contributed by atoms with Gasteiger partial charge in [0.25, 0.3) is 0 Å². The Morgan fingerprint density at radius 2 is 2.12 bits per heavy atom. The van der Waals surface area contributed by atoms with Crippen molar-refractivity contribution in [3.8, 4) is 0 Å².